The quantitative estimate of drug-likeness (QED) is 0.449. The molecule has 0 rings (SSSR count). The van der Waals surface area contributed by atoms with E-state index in [4.69, 9.17) is 9.90 Å². The van der Waals surface area contributed by atoms with Crippen LogP contribution in [-0.2, 0) is 14.3 Å². The Hall–Kier alpha value is -1.32. The number of esters is 1. The van der Waals surface area contributed by atoms with Gasteiger partial charge in [0, 0.05) is 13.8 Å². The van der Waals surface area contributed by atoms with E-state index in [1.165, 1.54) is 6.92 Å². The van der Waals surface area contributed by atoms with Crippen LogP contribution in [0.5, 0.6) is 0 Å². The zero-order chi connectivity index (χ0) is 12.7. The van der Waals surface area contributed by atoms with E-state index in [1.54, 1.807) is 6.08 Å². The number of carboxylic acid groups (broad SMARTS) is 1. The van der Waals surface area contributed by atoms with Crippen LogP contribution < -0.4 is 0 Å². The predicted octanol–water partition coefficient (Wildman–Crippen LogP) is 2.63. The van der Waals surface area contributed by atoms with E-state index in [2.05, 4.69) is 18.2 Å². The summed E-state index contributed by atoms with van der Waals surface area (Å²) in [5, 5.41) is 7.42. The maximum Gasteiger partial charge on any atom is 0.302 e. The Morgan fingerprint density at radius 3 is 1.93 bits per heavy atom. The van der Waals surface area contributed by atoms with E-state index in [1.807, 2.05) is 6.92 Å². The van der Waals surface area contributed by atoms with E-state index < -0.39 is 5.97 Å². The van der Waals surface area contributed by atoms with Crippen molar-refractivity contribution in [3.8, 4) is 0 Å². The molecule has 0 aromatic heterocycles. The van der Waals surface area contributed by atoms with Gasteiger partial charge < -0.3 is 9.84 Å². The summed E-state index contributed by atoms with van der Waals surface area (Å²) in [7, 11) is 0. The van der Waals surface area contributed by atoms with Gasteiger partial charge in [-0.2, -0.15) is 0 Å². The number of aliphatic carboxylic acids is 1. The van der Waals surface area contributed by atoms with Crippen LogP contribution >= 0.6 is 0 Å². The monoisotopic (exact) mass is 218 g/mol. The van der Waals surface area contributed by atoms with Crippen molar-refractivity contribution in [1.82, 2.24) is 0 Å². The summed E-state index contributed by atoms with van der Waals surface area (Å²) >= 11 is 0. The molecule has 0 aliphatic rings. The third-order valence-corrected chi connectivity index (χ3v) is 0.803. The molecule has 0 aliphatic heterocycles. The first-order chi connectivity index (χ1) is 6.92. The molecule has 1 N–H and O–H groups in total. The SMILES string of the molecule is C=CC.CC(=O)O.CCCCOC(C)=O. The van der Waals surface area contributed by atoms with Crippen molar-refractivity contribution < 1.29 is 19.4 Å². The number of hydrogen-bond donors (Lipinski definition) is 1. The molecule has 0 unspecified atom stereocenters. The average Bonchev–Trinajstić information content (AvgIpc) is 2.04. The van der Waals surface area contributed by atoms with Gasteiger partial charge >= 0.3 is 5.97 Å². The highest BCUT2D eigenvalue weighted by Crippen LogP contribution is 1.86. The number of carbonyl (C=O) groups excluding carboxylic acids is 1. The van der Waals surface area contributed by atoms with Crippen LogP contribution in [0.25, 0.3) is 0 Å². The lowest BCUT2D eigenvalue weighted by atomic mass is 10.4. The van der Waals surface area contributed by atoms with Gasteiger partial charge in [-0.3, -0.25) is 9.59 Å². The topological polar surface area (TPSA) is 63.6 Å². The molecule has 0 aromatic carbocycles. The zero-order valence-electron chi connectivity index (χ0n) is 10.1. The van der Waals surface area contributed by atoms with Crippen LogP contribution in [0.4, 0.5) is 0 Å². The highest BCUT2D eigenvalue weighted by molar-refractivity contribution is 5.65. The minimum atomic E-state index is -0.833. The van der Waals surface area contributed by atoms with Crippen LogP contribution in [0.15, 0.2) is 12.7 Å². The van der Waals surface area contributed by atoms with Gasteiger partial charge in [0.2, 0.25) is 0 Å². The first-order valence-electron chi connectivity index (χ1n) is 4.82. The molecule has 4 heteroatoms. The van der Waals surface area contributed by atoms with Gasteiger partial charge in [-0.25, -0.2) is 0 Å². The van der Waals surface area contributed by atoms with Crippen LogP contribution in [0.2, 0.25) is 0 Å². The van der Waals surface area contributed by atoms with Crippen molar-refractivity contribution in [2.75, 3.05) is 6.61 Å². The molecule has 0 amide bonds. The lowest BCUT2D eigenvalue weighted by molar-refractivity contribution is -0.141. The minimum absolute atomic E-state index is 0.182. The molecule has 0 aromatic rings. The number of allylic oxidation sites excluding steroid dienone is 1. The maximum atomic E-state index is 10.1. The third kappa shape index (κ3) is 107. The molecule has 15 heavy (non-hydrogen) atoms. The van der Waals surface area contributed by atoms with Gasteiger partial charge in [-0.15, -0.1) is 6.58 Å². The molecule has 0 spiro atoms. The summed E-state index contributed by atoms with van der Waals surface area (Å²) in [6, 6.07) is 0. The van der Waals surface area contributed by atoms with E-state index in [9.17, 15) is 4.79 Å². The second-order valence-electron chi connectivity index (χ2n) is 2.62. The second-order valence-corrected chi connectivity index (χ2v) is 2.62. The Kier molecular flexibility index (Phi) is 23.7. The van der Waals surface area contributed by atoms with E-state index >= 15 is 0 Å². The molecule has 0 atom stereocenters. The van der Waals surface area contributed by atoms with Gasteiger partial charge in [-0.1, -0.05) is 19.4 Å². The first-order valence-corrected chi connectivity index (χ1v) is 4.82. The van der Waals surface area contributed by atoms with E-state index in [-0.39, 0.29) is 5.97 Å². The van der Waals surface area contributed by atoms with Crippen molar-refractivity contribution in [3.63, 3.8) is 0 Å². The molecule has 90 valence electrons. The van der Waals surface area contributed by atoms with Crippen molar-refractivity contribution >= 4 is 11.9 Å². The molecular formula is C11H22O4. The zero-order valence-corrected chi connectivity index (χ0v) is 10.1. The maximum absolute atomic E-state index is 10.1. The number of rotatable bonds is 3. The van der Waals surface area contributed by atoms with Crippen molar-refractivity contribution in [3.05, 3.63) is 12.7 Å². The van der Waals surface area contributed by atoms with Crippen LogP contribution in [-0.4, -0.2) is 23.7 Å². The number of unbranched alkanes of at least 4 members (excludes halogenated alkanes) is 1. The molecule has 0 heterocycles. The third-order valence-electron chi connectivity index (χ3n) is 0.803. The first kappa shape index (κ1) is 19.3. The number of hydrogen-bond acceptors (Lipinski definition) is 3. The van der Waals surface area contributed by atoms with Crippen LogP contribution in [0.3, 0.4) is 0 Å². The smallest absolute Gasteiger partial charge is 0.302 e. The highest BCUT2D eigenvalue weighted by atomic mass is 16.5. The highest BCUT2D eigenvalue weighted by Gasteiger charge is 1.88. The largest absolute Gasteiger partial charge is 0.481 e. The molecule has 4 nitrogen and oxygen atoms in total. The minimum Gasteiger partial charge on any atom is -0.481 e. The van der Waals surface area contributed by atoms with Gasteiger partial charge in [0.1, 0.15) is 0 Å². The molecular weight excluding hydrogens is 196 g/mol. The Labute approximate surface area is 91.9 Å². The molecule has 0 radical (unpaired) electrons. The average molecular weight is 218 g/mol. The number of carbonyl (C=O) groups is 2. The molecule has 0 aliphatic carbocycles. The summed E-state index contributed by atoms with van der Waals surface area (Å²) in [6.07, 6.45) is 3.80. The van der Waals surface area contributed by atoms with Gasteiger partial charge in [0.05, 0.1) is 6.61 Å². The van der Waals surface area contributed by atoms with E-state index in [0.717, 1.165) is 19.8 Å². The van der Waals surface area contributed by atoms with Crippen molar-refractivity contribution in [2.45, 2.75) is 40.5 Å². The Bertz CT molecular complexity index is 160. The summed E-state index contributed by atoms with van der Waals surface area (Å²) < 4.78 is 4.64. The Balaban J connectivity index is -0.000000173. The molecule has 0 fully saturated rings. The number of ether oxygens (including phenoxy) is 1. The van der Waals surface area contributed by atoms with Gasteiger partial charge in [-0.05, 0) is 13.3 Å². The summed E-state index contributed by atoms with van der Waals surface area (Å²) in [5.74, 6) is -1.02. The summed E-state index contributed by atoms with van der Waals surface area (Å²) in [6.45, 7) is 10.4. The molecule has 0 saturated heterocycles. The lowest BCUT2D eigenvalue weighted by Crippen LogP contribution is -1.99. The standard InChI is InChI=1S/C6H12O2.C3H6.C2H4O2/c1-3-4-5-8-6(2)7;1-3-2;1-2(3)4/h3-5H2,1-2H3;3H,1H2,2H3;1H3,(H,3,4). The van der Waals surface area contributed by atoms with Crippen LogP contribution in [0.1, 0.15) is 40.5 Å². The van der Waals surface area contributed by atoms with Crippen molar-refractivity contribution in [1.29, 1.82) is 0 Å². The van der Waals surface area contributed by atoms with E-state index in [0.29, 0.717) is 6.61 Å². The Morgan fingerprint density at radius 1 is 1.40 bits per heavy atom. The Morgan fingerprint density at radius 2 is 1.73 bits per heavy atom. The fourth-order valence-corrected chi connectivity index (χ4v) is 0.360. The van der Waals surface area contributed by atoms with Gasteiger partial charge in [0.25, 0.3) is 5.97 Å². The molecule has 0 saturated carbocycles. The van der Waals surface area contributed by atoms with Crippen molar-refractivity contribution in [2.24, 2.45) is 0 Å². The fraction of sp³-hybridized carbons (Fsp3) is 0.636. The lowest BCUT2D eigenvalue weighted by Gasteiger charge is -1.96. The molecule has 0 bridgehead atoms. The second kappa shape index (κ2) is 18.5. The number of carboxylic acids is 1. The van der Waals surface area contributed by atoms with Gasteiger partial charge in [0.15, 0.2) is 0 Å². The summed E-state index contributed by atoms with van der Waals surface area (Å²) in [4.78, 5) is 19.1. The summed E-state index contributed by atoms with van der Waals surface area (Å²) in [5.41, 5.74) is 0. The van der Waals surface area contributed by atoms with Crippen LogP contribution in [0, 0.1) is 0 Å². The normalized spacial score (nSPS) is 7.20. The fourth-order valence-electron chi connectivity index (χ4n) is 0.360. The predicted molar refractivity (Wildman–Crippen MR) is 60.7 cm³/mol.